The Hall–Kier alpha value is -4.13. The SMILES string of the molecule is COc1ccccc1CN(CCc1c[nH]c2ccccc12)C(=O)CN(C(=O)c1cccc(F)c1)C1CC1. The van der Waals surface area contributed by atoms with Gasteiger partial charge in [-0.25, -0.2) is 4.39 Å². The standard InChI is InChI=1S/C30H30FN3O3/c1-37-28-12-5-2-7-23(28)19-33(16-15-22-18-32-27-11-4-3-10-26(22)27)29(35)20-34(25-13-14-25)30(36)21-8-6-9-24(31)17-21/h2-12,17-18,25,32H,13-16,19-20H2,1H3. The van der Waals surface area contributed by atoms with Gasteiger partial charge in [-0.15, -0.1) is 0 Å². The molecule has 1 fully saturated rings. The fraction of sp³-hybridized carbons (Fsp3) is 0.267. The molecule has 4 aromatic rings. The fourth-order valence-electron chi connectivity index (χ4n) is 4.71. The first kappa shape index (κ1) is 24.6. The molecule has 37 heavy (non-hydrogen) atoms. The van der Waals surface area contributed by atoms with Crippen LogP contribution in [0.3, 0.4) is 0 Å². The number of amides is 2. The van der Waals surface area contributed by atoms with Crippen LogP contribution in [0.1, 0.15) is 34.3 Å². The zero-order valence-corrected chi connectivity index (χ0v) is 20.8. The molecule has 0 spiro atoms. The molecule has 5 rings (SSSR count). The maximum absolute atomic E-state index is 13.8. The number of nitrogens with one attached hydrogen (secondary N) is 1. The second kappa shape index (κ2) is 10.9. The lowest BCUT2D eigenvalue weighted by Gasteiger charge is -2.28. The summed E-state index contributed by atoms with van der Waals surface area (Å²) in [6.45, 7) is 0.784. The van der Waals surface area contributed by atoms with Crippen LogP contribution in [0.15, 0.2) is 79.0 Å². The van der Waals surface area contributed by atoms with E-state index in [1.54, 1.807) is 23.0 Å². The summed E-state index contributed by atoms with van der Waals surface area (Å²) < 4.78 is 19.3. The maximum Gasteiger partial charge on any atom is 0.254 e. The van der Waals surface area contributed by atoms with Crippen LogP contribution in [0.25, 0.3) is 10.9 Å². The number of rotatable bonds is 10. The zero-order chi connectivity index (χ0) is 25.8. The zero-order valence-electron chi connectivity index (χ0n) is 20.8. The van der Waals surface area contributed by atoms with Gasteiger partial charge in [-0.1, -0.05) is 42.5 Å². The predicted molar refractivity (Wildman–Crippen MR) is 141 cm³/mol. The minimum atomic E-state index is -0.468. The number of fused-ring (bicyclic) bond motifs is 1. The molecular weight excluding hydrogens is 469 g/mol. The quantitative estimate of drug-likeness (QED) is 0.327. The fourth-order valence-corrected chi connectivity index (χ4v) is 4.71. The normalized spacial score (nSPS) is 12.9. The molecule has 2 amide bonds. The van der Waals surface area contributed by atoms with E-state index in [9.17, 15) is 14.0 Å². The van der Waals surface area contributed by atoms with Crippen LogP contribution < -0.4 is 4.74 Å². The lowest BCUT2D eigenvalue weighted by molar-refractivity contribution is -0.132. The van der Waals surface area contributed by atoms with Crippen LogP contribution >= 0.6 is 0 Å². The van der Waals surface area contributed by atoms with Crippen molar-refractivity contribution in [3.8, 4) is 5.75 Å². The highest BCUT2D eigenvalue weighted by atomic mass is 19.1. The Kier molecular flexibility index (Phi) is 7.21. The van der Waals surface area contributed by atoms with E-state index in [4.69, 9.17) is 4.74 Å². The Morgan fingerprint density at radius 2 is 1.78 bits per heavy atom. The van der Waals surface area contributed by atoms with Gasteiger partial charge < -0.3 is 19.5 Å². The summed E-state index contributed by atoms with van der Waals surface area (Å²) in [7, 11) is 1.61. The minimum absolute atomic E-state index is 0.00134. The average molecular weight is 500 g/mol. The number of ether oxygens (including phenoxy) is 1. The van der Waals surface area contributed by atoms with E-state index in [-0.39, 0.29) is 30.0 Å². The molecule has 0 saturated heterocycles. The van der Waals surface area contributed by atoms with Gasteiger partial charge in [0.05, 0.1) is 7.11 Å². The number of carbonyl (C=O) groups excluding carboxylic acids is 2. The van der Waals surface area contributed by atoms with Crippen molar-refractivity contribution in [2.24, 2.45) is 0 Å². The Morgan fingerprint density at radius 1 is 1.00 bits per heavy atom. The van der Waals surface area contributed by atoms with Crippen molar-refractivity contribution in [2.45, 2.75) is 31.8 Å². The smallest absolute Gasteiger partial charge is 0.254 e. The Morgan fingerprint density at radius 3 is 2.57 bits per heavy atom. The summed E-state index contributed by atoms with van der Waals surface area (Å²) in [5.41, 5.74) is 3.34. The number of carbonyl (C=O) groups is 2. The van der Waals surface area contributed by atoms with E-state index >= 15 is 0 Å². The van der Waals surface area contributed by atoms with Crippen LogP contribution in [0.4, 0.5) is 4.39 Å². The van der Waals surface area contributed by atoms with E-state index in [2.05, 4.69) is 11.1 Å². The van der Waals surface area contributed by atoms with Crippen molar-refractivity contribution >= 4 is 22.7 Å². The van der Waals surface area contributed by atoms with E-state index < -0.39 is 5.82 Å². The van der Waals surface area contributed by atoms with Crippen molar-refractivity contribution < 1.29 is 18.7 Å². The number of hydrogen-bond donors (Lipinski definition) is 1. The summed E-state index contributed by atoms with van der Waals surface area (Å²) in [6.07, 6.45) is 4.33. The lowest BCUT2D eigenvalue weighted by Crippen LogP contribution is -2.44. The van der Waals surface area contributed by atoms with Gasteiger partial charge in [0.25, 0.3) is 5.91 Å². The maximum atomic E-state index is 13.8. The first-order chi connectivity index (χ1) is 18.0. The van der Waals surface area contributed by atoms with Crippen LogP contribution in [-0.2, 0) is 17.8 Å². The summed E-state index contributed by atoms with van der Waals surface area (Å²) in [6, 6.07) is 21.4. The summed E-state index contributed by atoms with van der Waals surface area (Å²) in [5.74, 6) is -0.224. The molecule has 0 unspecified atom stereocenters. The molecule has 190 valence electrons. The molecule has 0 radical (unpaired) electrons. The van der Waals surface area contributed by atoms with Gasteiger partial charge >= 0.3 is 0 Å². The van der Waals surface area contributed by atoms with Crippen LogP contribution in [0, 0.1) is 5.82 Å². The summed E-state index contributed by atoms with van der Waals surface area (Å²) in [5, 5.41) is 1.13. The lowest BCUT2D eigenvalue weighted by atomic mass is 10.1. The van der Waals surface area contributed by atoms with Gasteiger partial charge in [0.2, 0.25) is 5.91 Å². The van der Waals surface area contributed by atoms with E-state index in [1.807, 2.05) is 48.7 Å². The largest absolute Gasteiger partial charge is 0.496 e. The molecule has 0 aliphatic heterocycles. The van der Waals surface area contributed by atoms with Crippen molar-refractivity contribution in [2.75, 3.05) is 20.2 Å². The Balaban J connectivity index is 1.38. The monoisotopic (exact) mass is 499 g/mol. The second-order valence-electron chi connectivity index (χ2n) is 9.41. The predicted octanol–water partition coefficient (Wildman–Crippen LogP) is 5.19. The van der Waals surface area contributed by atoms with Crippen molar-refractivity contribution in [3.63, 3.8) is 0 Å². The molecule has 1 N–H and O–H groups in total. The van der Waals surface area contributed by atoms with Crippen LogP contribution in [0.5, 0.6) is 5.75 Å². The van der Waals surface area contributed by atoms with Gasteiger partial charge in [-0.05, 0) is 55.2 Å². The molecule has 1 aliphatic carbocycles. The number of para-hydroxylation sites is 2. The molecule has 0 atom stereocenters. The van der Waals surface area contributed by atoms with Crippen LogP contribution in [-0.4, -0.2) is 52.8 Å². The van der Waals surface area contributed by atoms with Crippen molar-refractivity contribution in [1.29, 1.82) is 0 Å². The molecule has 1 aliphatic rings. The number of H-pyrrole nitrogens is 1. The highest BCUT2D eigenvalue weighted by Gasteiger charge is 2.35. The highest BCUT2D eigenvalue weighted by Crippen LogP contribution is 2.29. The molecule has 1 saturated carbocycles. The molecule has 3 aromatic carbocycles. The second-order valence-corrected chi connectivity index (χ2v) is 9.41. The number of aromatic nitrogens is 1. The average Bonchev–Trinajstić information content (AvgIpc) is 3.68. The molecular formula is C30H30FN3O3. The van der Waals surface area contributed by atoms with Crippen molar-refractivity contribution in [1.82, 2.24) is 14.8 Å². The Labute approximate surface area is 215 Å². The number of benzene rings is 3. The third-order valence-electron chi connectivity index (χ3n) is 6.86. The van der Waals surface area contributed by atoms with E-state index in [0.29, 0.717) is 25.3 Å². The first-order valence-corrected chi connectivity index (χ1v) is 12.5. The van der Waals surface area contributed by atoms with Gasteiger partial charge in [0.1, 0.15) is 18.1 Å². The minimum Gasteiger partial charge on any atom is -0.496 e. The molecule has 1 heterocycles. The number of aromatic amines is 1. The summed E-state index contributed by atoms with van der Waals surface area (Å²) >= 11 is 0. The molecule has 6 nitrogen and oxygen atoms in total. The first-order valence-electron chi connectivity index (χ1n) is 12.5. The third-order valence-corrected chi connectivity index (χ3v) is 6.86. The topological polar surface area (TPSA) is 65.6 Å². The van der Waals surface area contributed by atoms with Gasteiger partial charge in [0.15, 0.2) is 0 Å². The molecule has 1 aromatic heterocycles. The highest BCUT2D eigenvalue weighted by molar-refractivity contribution is 5.97. The van der Waals surface area contributed by atoms with E-state index in [0.717, 1.165) is 34.9 Å². The number of nitrogens with zero attached hydrogens (tertiary/aromatic N) is 2. The summed E-state index contributed by atoms with van der Waals surface area (Å²) in [4.78, 5) is 33.7. The molecule has 7 heteroatoms. The third kappa shape index (κ3) is 5.66. The molecule has 0 bridgehead atoms. The van der Waals surface area contributed by atoms with Gasteiger partial charge in [0, 0.05) is 47.4 Å². The van der Waals surface area contributed by atoms with Crippen molar-refractivity contribution in [3.05, 3.63) is 102 Å². The number of hydrogen-bond acceptors (Lipinski definition) is 3. The van der Waals surface area contributed by atoms with Gasteiger partial charge in [-0.2, -0.15) is 0 Å². The number of halogens is 1. The van der Waals surface area contributed by atoms with E-state index in [1.165, 1.54) is 18.2 Å². The number of methoxy groups -OCH3 is 1. The van der Waals surface area contributed by atoms with Gasteiger partial charge in [-0.3, -0.25) is 9.59 Å². The Bertz CT molecular complexity index is 1410. The van der Waals surface area contributed by atoms with Crippen LogP contribution in [0.2, 0.25) is 0 Å².